The zero-order valence-corrected chi connectivity index (χ0v) is 11.9. The minimum atomic E-state index is -0.0431. The van der Waals surface area contributed by atoms with E-state index < -0.39 is 0 Å². The lowest BCUT2D eigenvalue weighted by Gasteiger charge is -2.20. The van der Waals surface area contributed by atoms with E-state index in [0.29, 0.717) is 17.6 Å². The number of nitrogens with zero attached hydrogens (tertiary/aromatic N) is 1. The molecule has 1 aliphatic rings. The highest BCUT2D eigenvalue weighted by molar-refractivity contribution is 5.94. The number of carbonyl (C=O) groups is 1. The molecule has 4 heteroatoms. The van der Waals surface area contributed by atoms with E-state index in [2.05, 4.69) is 29.4 Å². The van der Waals surface area contributed by atoms with Gasteiger partial charge in [0.25, 0.3) is 5.91 Å². The third-order valence-corrected chi connectivity index (χ3v) is 3.69. The molecule has 1 aromatic carbocycles. The van der Waals surface area contributed by atoms with Gasteiger partial charge in [-0.05, 0) is 44.5 Å². The van der Waals surface area contributed by atoms with Crippen LogP contribution in [0.3, 0.4) is 0 Å². The number of carbonyl (C=O) groups excluding carboxylic acids is 1. The zero-order chi connectivity index (χ0) is 13.8. The molecule has 1 unspecified atom stereocenters. The van der Waals surface area contributed by atoms with Crippen LogP contribution in [0.2, 0.25) is 0 Å². The third-order valence-electron chi connectivity index (χ3n) is 3.69. The van der Waals surface area contributed by atoms with Crippen molar-refractivity contribution in [2.75, 3.05) is 25.5 Å². The molecule has 1 aromatic rings. The molecule has 0 saturated carbocycles. The molecule has 0 aromatic heterocycles. The number of benzene rings is 1. The summed E-state index contributed by atoms with van der Waals surface area (Å²) in [6.45, 7) is 6.72. The monoisotopic (exact) mass is 261 g/mol. The van der Waals surface area contributed by atoms with Gasteiger partial charge < -0.3 is 10.6 Å². The molecular weight excluding hydrogens is 238 g/mol. The predicted molar refractivity (Wildman–Crippen MR) is 78.6 cm³/mol. The van der Waals surface area contributed by atoms with Gasteiger partial charge >= 0.3 is 0 Å². The van der Waals surface area contributed by atoms with E-state index >= 15 is 0 Å². The lowest BCUT2D eigenvalue weighted by atomic mass is 10.1. The third kappa shape index (κ3) is 3.47. The van der Waals surface area contributed by atoms with Gasteiger partial charge in [0.15, 0.2) is 0 Å². The molecule has 2 rings (SSSR count). The zero-order valence-electron chi connectivity index (χ0n) is 11.9. The summed E-state index contributed by atoms with van der Waals surface area (Å²) >= 11 is 0. The Balaban J connectivity index is 1.92. The topological polar surface area (TPSA) is 44.4 Å². The van der Waals surface area contributed by atoms with E-state index in [1.807, 2.05) is 24.3 Å². The molecule has 1 fully saturated rings. The molecule has 2 N–H and O–H groups in total. The van der Waals surface area contributed by atoms with Gasteiger partial charge in [-0.1, -0.05) is 0 Å². The van der Waals surface area contributed by atoms with Crippen LogP contribution >= 0.6 is 0 Å². The van der Waals surface area contributed by atoms with Gasteiger partial charge in [-0.2, -0.15) is 0 Å². The number of amides is 1. The Morgan fingerprint density at radius 3 is 2.53 bits per heavy atom. The van der Waals surface area contributed by atoms with Gasteiger partial charge in [-0.25, -0.2) is 0 Å². The van der Waals surface area contributed by atoms with Gasteiger partial charge in [0.05, 0.1) is 0 Å². The molecule has 104 valence electrons. The van der Waals surface area contributed by atoms with Crippen molar-refractivity contribution >= 4 is 11.6 Å². The Kier molecular flexibility index (Phi) is 4.43. The first kappa shape index (κ1) is 13.9. The molecule has 1 saturated heterocycles. The van der Waals surface area contributed by atoms with Crippen molar-refractivity contribution in [3.63, 3.8) is 0 Å². The van der Waals surface area contributed by atoms with Crippen LogP contribution in [0.25, 0.3) is 0 Å². The van der Waals surface area contributed by atoms with Crippen LogP contribution in [0.5, 0.6) is 0 Å². The van der Waals surface area contributed by atoms with Gasteiger partial charge in [0.1, 0.15) is 0 Å². The Hall–Kier alpha value is -1.55. The molecule has 1 heterocycles. The molecule has 0 aliphatic carbocycles. The Labute approximate surface area is 115 Å². The summed E-state index contributed by atoms with van der Waals surface area (Å²) in [4.78, 5) is 13.9. The van der Waals surface area contributed by atoms with E-state index in [0.717, 1.165) is 18.8 Å². The highest BCUT2D eigenvalue weighted by atomic mass is 16.1. The summed E-state index contributed by atoms with van der Waals surface area (Å²) < 4.78 is 0. The maximum Gasteiger partial charge on any atom is 0.251 e. The lowest BCUT2D eigenvalue weighted by Crippen LogP contribution is -2.31. The fourth-order valence-corrected chi connectivity index (χ4v) is 2.47. The van der Waals surface area contributed by atoms with Crippen molar-refractivity contribution in [2.24, 2.45) is 0 Å². The van der Waals surface area contributed by atoms with Crippen LogP contribution in [0, 0.1) is 0 Å². The first-order valence-electron chi connectivity index (χ1n) is 6.93. The van der Waals surface area contributed by atoms with Crippen molar-refractivity contribution in [1.82, 2.24) is 10.2 Å². The van der Waals surface area contributed by atoms with Gasteiger partial charge in [0.2, 0.25) is 0 Å². The number of anilines is 1. The number of hydrogen-bond acceptors (Lipinski definition) is 3. The van der Waals surface area contributed by atoms with E-state index in [4.69, 9.17) is 0 Å². The fourth-order valence-electron chi connectivity index (χ4n) is 2.47. The molecular formula is C15H23N3O. The highest BCUT2D eigenvalue weighted by Crippen LogP contribution is 2.18. The summed E-state index contributed by atoms with van der Waals surface area (Å²) in [5.41, 5.74) is 1.78. The Morgan fingerprint density at radius 2 is 2.00 bits per heavy atom. The quantitative estimate of drug-likeness (QED) is 0.870. The summed E-state index contributed by atoms with van der Waals surface area (Å²) in [5.74, 6) is -0.0431. The van der Waals surface area contributed by atoms with Crippen LogP contribution < -0.4 is 10.6 Å². The number of nitrogens with one attached hydrogen (secondary N) is 2. The average Bonchev–Trinajstić information content (AvgIpc) is 2.87. The molecule has 4 nitrogen and oxygen atoms in total. The summed E-state index contributed by atoms with van der Waals surface area (Å²) in [5, 5.41) is 6.16. The van der Waals surface area contributed by atoms with Crippen molar-refractivity contribution in [3.8, 4) is 0 Å². The minimum absolute atomic E-state index is 0.0431. The SMILES string of the molecule is CNC(=O)c1ccc(NC2CCN(C(C)C)C2)cc1. The normalized spacial score (nSPS) is 19.7. The molecule has 0 spiro atoms. The summed E-state index contributed by atoms with van der Waals surface area (Å²) in [7, 11) is 1.65. The smallest absolute Gasteiger partial charge is 0.251 e. The Bertz CT molecular complexity index is 428. The summed E-state index contributed by atoms with van der Waals surface area (Å²) in [6.07, 6.45) is 1.18. The van der Waals surface area contributed by atoms with Crippen molar-refractivity contribution < 1.29 is 4.79 Å². The van der Waals surface area contributed by atoms with Crippen molar-refractivity contribution in [2.45, 2.75) is 32.4 Å². The second-order valence-corrected chi connectivity index (χ2v) is 5.38. The molecule has 0 bridgehead atoms. The average molecular weight is 261 g/mol. The van der Waals surface area contributed by atoms with E-state index in [1.165, 1.54) is 6.42 Å². The number of hydrogen-bond donors (Lipinski definition) is 2. The molecule has 19 heavy (non-hydrogen) atoms. The fraction of sp³-hybridized carbons (Fsp3) is 0.533. The first-order valence-corrected chi connectivity index (χ1v) is 6.93. The van der Waals surface area contributed by atoms with Crippen LogP contribution in [-0.4, -0.2) is 43.0 Å². The Morgan fingerprint density at radius 1 is 1.32 bits per heavy atom. The van der Waals surface area contributed by atoms with Crippen molar-refractivity contribution in [3.05, 3.63) is 29.8 Å². The van der Waals surface area contributed by atoms with Gasteiger partial charge in [-0.15, -0.1) is 0 Å². The van der Waals surface area contributed by atoms with Crippen LogP contribution in [0.15, 0.2) is 24.3 Å². The highest BCUT2D eigenvalue weighted by Gasteiger charge is 2.23. The second kappa shape index (κ2) is 6.06. The van der Waals surface area contributed by atoms with Crippen molar-refractivity contribution in [1.29, 1.82) is 0 Å². The molecule has 1 atom stereocenters. The largest absolute Gasteiger partial charge is 0.381 e. The van der Waals surface area contributed by atoms with E-state index in [-0.39, 0.29) is 5.91 Å². The standard InChI is InChI=1S/C15H23N3O/c1-11(2)18-9-8-14(10-18)17-13-6-4-12(5-7-13)15(19)16-3/h4-7,11,14,17H,8-10H2,1-3H3,(H,16,19). The number of rotatable bonds is 4. The number of likely N-dealkylation sites (tertiary alicyclic amines) is 1. The maximum atomic E-state index is 11.4. The molecule has 1 aliphatic heterocycles. The predicted octanol–water partition coefficient (Wildman–Crippen LogP) is 1.94. The van der Waals surface area contributed by atoms with Crippen LogP contribution in [0.4, 0.5) is 5.69 Å². The van der Waals surface area contributed by atoms with Gasteiger partial charge in [-0.3, -0.25) is 9.69 Å². The maximum absolute atomic E-state index is 11.4. The lowest BCUT2D eigenvalue weighted by molar-refractivity contribution is 0.0963. The van der Waals surface area contributed by atoms with Crippen LogP contribution in [-0.2, 0) is 0 Å². The first-order chi connectivity index (χ1) is 9.10. The van der Waals surface area contributed by atoms with Gasteiger partial charge in [0, 0.05) is 43.5 Å². The van der Waals surface area contributed by atoms with E-state index in [9.17, 15) is 4.79 Å². The summed E-state index contributed by atoms with van der Waals surface area (Å²) in [6, 6.07) is 8.79. The minimum Gasteiger partial charge on any atom is -0.381 e. The second-order valence-electron chi connectivity index (χ2n) is 5.38. The molecule has 0 radical (unpaired) electrons. The van der Waals surface area contributed by atoms with Crippen LogP contribution in [0.1, 0.15) is 30.6 Å². The van der Waals surface area contributed by atoms with E-state index in [1.54, 1.807) is 7.05 Å². The molecule has 1 amide bonds.